The van der Waals surface area contributed by atoms with E-state index in [0.717, 1.165) is 43.4 Å². The Hall–Kier alpha value is -2.71. The van der Waals surface area contributed by atoms with Gasteiger partial charge in [-0.05, 0) is 73.0 Å². The van der Waals surface area contributed by atoms with E-state index in [-0.39, 0.29) is 0 Å². The van der Waals surface area contributed by atoms with Crippen LogP contribution in [0.2, 0.25) is 0 Å². The molecular weight excluding hydrogens is 648 g/mol. The van der Waals surface area contributed by atoms with Crippen LogP contribution in [-0.4, -0.2) is 38.2 Å². The molecule has 0 aliphatic carbocycles. The van der Waals surface area contributed by atoms with Crippen molar-refractivity contribution in [2.45, 2.75) is 20.1 Å². The molecule has 0 unspecified atom stereocenters. The van der Waals surface area contributed by atoms with Crippen LogP contribution in [0.3, 0.4) is 0 Å². The Bertz CT molecular complexity index is 1750. The molecule has 0 amide bonds. The first-order valence-corrected chi connectivity index (χ1v) is 20.5. The number of imidazole rings is 2. The Morgan fingerprint density at radius 3 is 0.927 bits per heavy atom. The predicted molar refractivity (Wildman–Crippen MR) is 173 cm³/mol. The molecule has 200 valence electrons. The van der Waals surface area contributed by atoms with Crippen LogP contribution in [0.15, 0.2) is 118 Å². The van der Waals surface area contributed by atoms with Crippen LogP contribution in [0, 0.1) is 9.54 Å². The highest BCUT2D eigenvalue weighted by molar-refractivity contribution is 9.39. The molecule has 8 heterocycles. The number of hydrogen-bond acceptors (Lipinski definition) is 10. The zero-order chi connectivity index (χ0) is 27.6. The maximum Gasteiger partial charge on any atom is 0.276 e. The molecule has 0 fully saturated rings. The van der Waals surface area contributed by atoms with Gasteiger partial charge in [0.15, 0.2) is 29.6 Å². The summed E-state index contributed by atoms with van der Waals surface area (Å²) in [6.07, 6.45) is 7.19. The summed E-state index contributed by atoms with van der Waals surface area (Å²) in [6, 6.07) is 23.6. The van der Waals surface area contributed by atoms with Gasteiger partial charge in [-0.3, -0.25) is 18.3 Å². The van der Waals surface area contributed by atoms with Crippen molar-refractivity contribution in [3.8, 4) is 23.3 Å². The third-order valence-corrected chi connectivity index (χ3v) is 23.1. The first-order valence-electron chi connectivity index (χ1n) is 12.2. The molecule has 15 heteroatoms. The van der Waals surface area contributed by atoms with Gasteiger partial charge >= 0.3 is 0 Å². The molecule has 8 nitrogen and oxygen atoms in total. The fraction of sp³-hybridized carbons (Fsp3) is 0. The topological polar surface area (TPSA) is 71.3 Å². The average Bonchev–Trinajstić information content (AvgIpc) is 3.69. The van der Waals surface area contributed by atoms with Crippen LogP contribution >= 0.6 is 74.0 Å². The van der Waals surface area contributed by atoms with Gasteiger partial charge < -0.3 is 0 Å². The third kappa shape index (κ3) is 4.19. The number of aromatic nitrogens is 8. The number of pyridine rings is 4. The molecule has 0 N–H and O–H groups in total. The second-order valence-electron chi connectivity index (χ2n) is 8.69. The van der Waals surface area contributed by atoms with Gasteiger partial charge in [-0.2, -0.15) is 0 Å². The summed E-state index contributed by atoms with van der Waals surface area (Å²) in [5.41, 5.74) is 0. The van der Waals surface area contributed by atoms with Crippen molar-refractivity contribution in [3.63, 3.8) is 0 Å². The van der Waals surface area contributed by atoms with E-state index in [9.17, 15) is 0 Å². The van der Waals surface area contributed by atoms with Crippen molar-refractivity contribution in [2.24, 2.45) is 0 Å². The van der Waals surface area contributed by atoms with Crippen LogP contribution in [0.25, 0.3) is 23.3 Å². The summed E-state index contributed by atoms with van der Waals surface area (Å²) < 4.78 is 7.68. The number of fused-ring (bicyclic) bond motifs is 2. The summed E-state index contributed by atoms with van der Waals surface area (Å²) in [6.45, 7) is 0. The van der Waals surface area contributed by atoms with Gasteiger partial charge in [-0.1, -0.05) is 24.3 Å². The van der Waals surface area contributed by atoms with E-state index in [2.05, 4.69) is 38.2 Å². The maximum atomic E-state index is 6.05. The van der Waals surface area contributed by atoms with E-state index in [0.29, 0.717) is 9.54 Å². The standard InChI is InChI=1S/C26H16N8PS6/c36-25-31(17-9-1-5-13-27-17)21-22(32(25)18-10-2-6-14-28-18)39-35(38-21)40-23-24(41-35)34(20-12-4-8-16-30-20)26(37)33(23)19-11-3-7-15-29-19/h1-16H/q+1. The molecule has 0 aromatic carbocycles. The summed E-state index contributed by atoms with van der Waals surface area (Å²) in [5, 5.41) is 4.32. The highest BCUT2D eigenvalue weighted by Crippen LogP contribution is 3.05. The van der Waals surface area contributed by atoms with Gasteiger partial charge in [0.2, 0.25) is 0 Å². The molecule has 41 heavy (non-hydrogen) atoms. The van der Waals surface area contributed by atoms with E-state index in [4.69, 9.17) is 24.4 Å². The summed E-state index contributed by atoms with van der Waals surface area (Å²) in [5.74, 6) is 3.16. The van der Waals surface area contributed by atoms with Gasteiger partial charge in [0, 0.05) is 24.8 Å². The Labute approximate surface area is 261 Å². The number of rotatable bonds is 4. The van der Waals surface area contributed by atoms with E-state index in [1.165, 1.54) is 0 Å². The van der Waals surface area contributed by atoms with Crippen molar-refractivity contribution in [2.75, 3.05) is 0 Å². The average molecular weight is 664 g/mol. The normalized spacial score (nSPS) is 14.8. The van der Waals surface area contributed by atoms with E-state index in [1.807, 2.05) is 118 Å². The van der Waals surface area contributed by atoms with Crippen LogP contribution in [-0.2, 0) is 0 Å². The summed E-state index contributed by atoms with van der Waals surface area (Å²) in [7, 11) is 0. The van der Waals surface area contributed by atoms with Gasteiger partial charge in [-0.25, -0.2) is 19.9 Å². The molecule has 0 bridgehead atoms. The van der Waals surface area contributed by atoms with Crippen LogP contribution < -0.4 is 0 Å². The number of nitrogens with zero attached hydrogens (tertiary/aromatic N) is 8. The Morgan fingerprint density at radius 2 is 0.707 bits per heavy atom. The fourth-order valence-electron chi connectivity index (χ4n) is 4.54. The molecule has 6 aromatic heterocycles. The van der Waals surface area contributed by atoms with Crippen molar-refractivity contribution in [1.82, 2.24) is 38.2 Å². The Morgan fingerprint density at radius 1 is 0.439 bits per heavy atom. The van der Waals surface area contributed by atoms with Crippen LogP contribution in [0.1, 0.15) is 0 Å². The largest absolute Gasteiger partial charge is 0.276 e. The quantitative estimate of drug-likeness (QED) is 0.135. The fourth-order valence-corrected chi connectivity index (χ4v) is 24.4. The second-order valence-corrected chi connectivity index (χ2v) is 25.5. The summed E-state index contributed by atoms with van der Waals surface area (Å²) in [4.78, 5) is 18.6. The molecule has 6 aromatic rings. The predicted octanol–water partition coefficient (Wildman–Crippen LogP) is 8.66. The van der Waals surface area contributed by atoms with E-state index in [1.54, 1.807) is 24.8 Å². The molecule has 0 saturated heterocycles. The van der Waals surface area contributed by atoms with Gasteiger partial charge in [-0.15, -0.1) is 0 Å². The van der Waals surface area contributed by atoms with Crippen LogP contribution in [0.5, 0.6) is 0 Å². The minimum absolute atomic E-state index is 0.645. The molecule has 0 saturated carbocycles. The zero-order valence-electron chi connectivity index (χ0n) is 20.7. The lowest BCUT2D eigenvalue weighted by Gasteiger charge is -2.12. The van der Waals surface area contributed by atoms with E-state index < -0.39 is 4.07 Å². The van der Waals surface area contributed by atoms with Crippen molar-refractivity contribution in [1.29, 1.82) is 0 Å². The second kappa shape index (κ2) is 10.2. The van der Waals surface area contributed by atoms with Crippen LogP contribution in [0.4, 0.5) is 0 Å². The summed E-state index contributed by atoms with van der Waals surface area (Å²) >= 11 is 19.6. The first-order chi connectivity index (χ1) is 20.1. The van der Waals surface area contributed by atoms with Crippen molar-refractivity contribution in [3.05, 3.63) is 107 Å². The molecule has 8 rings (SSSR count). The highest BCUT2D eigenvalue weighted by atomic mass is 33.6. The van der Waals surface area contributed by atoms with Gasteiger partial charge in [0.25, 0.3) is 4.07 Å². The highest BCUT2D eigenvalue weighted by Gasteiger charge is 2.63. The third-order valence-electron chi connectivity index (χ3n) is 6.25. The minimum Gasteiger partial charge on any atom is -0.259 e. The SMILES string of the molecule is S=c1n(-c2ccccn2)c2c(n1-c1ccccn1)S[P+]1(S2)Sc2c(n(-c3ccccn3)c(=S)n2-c2ccccn2)S1. The Kier molecular flexibility index (Phi) is 6.48. The van der Waals surface area contributed by atoms with Crippen molar-refractivity contribution >= 4 is 74.0 Å². The maximum absolute atomic E-state index is 6.05. The monoisotopic (exact) mass is 663 g/mol. The Balaban J connectivity index is 1.30. The number of hydrogen-bond donors (Lipinski definition) is 0. The first kappa shape index (κ1) is 26.0. The minimum atomic E-state index is -1.92. The molecular formula is C26H16N8PS6+. The van der Waals surface area contributed by atoms with Crippen molar-refractivity contribution < 1.29 is 0 Å². The molecule has 0 atom stereocenters. The van der Waals surface area contributed by atoms with Gasteiger partial charge in [0.1, 0.15) is 68.8 Å². The lowest BCUT2D eigenvalue weighted by molar-refractivity contribution is 0.868. The molecule has 0 radical (unpaired) electrons. The smallest absolute Gasteiger partial charge is 0.259 e. The molecule has 1 spiro atoms. The molecule has 2 aliphatic heterocycles. The molecule has 2 aliphatic rings. The lowest BCUT2D eigenvalue weighted by Crippen LogP contribution is -2.03. The lowest BCUT2D eigenvalue weighted by atomic mass is 10.4. The zero-order valence-corrected chi connectivity index (χ0v) is 26.5. The van der Waals surface area contributed by atoms with E-state index >= 15 is 0 Å². The van der Waals surface area contributed by atoms with Gasteiger partial charge in [0.05, 0.1) is 0 Å².